The summed E-state index contributed by atoms with van der Waals surface area (Å²) in [6, 6.07) is 6.55. The number of nitrogens with one attached hydrogen (secondary N) is 1. The normalized spacial score (nSPS) is 11.8. The Bertz CT molecular complexity index is 425. The van der Waals surface area contributed by atoms with Crippen LogP contribution in [0.25, 0.3) is 5.57 Å². The maximum Gasteiger partial charge on any atom is 0.161 e. The number of methoxy groups -OCH3 is 2. The van der Waals surface area contributed by atoms with Crippen molar-refractivity contribution in [1.82, 2.24) is 5.32 Å². The van der Waals surface area contributed by atoms with Crippen LogP contribution < -0.4 is 14.8 Å². The molecule has 106 valence electrons. The molecule has 1 aromatic carbocycles. The lowest BCUT2D eigenvalue weighted by Crippen LogP contribution is -2.23. The summed E-state index contributed by atoms with van der Waals surface area (Å²) in [7, 11) is 3.31. The highest BCUT2D eigenvalue weighted by molar-refractivity contribution is 5.66. The highest BCUT2D eigenvalue weighted by Gasteiger charge is 2.05. The van der Waals surface area contributed by atoms with Crippen LogP contribution in [-0.4, -0.2) is 26.8 Å². The number of rotatable bonds is 7. The first-order valence-corrected chi connectivity index (χ1v) is 6.71. The fraction of sp³-hybridized carbons (Fsp3) is 0.500. The van der Waals surface area contributed by atoms with Crippen molar-refractivity contribution in [3.8, 4) is 11.5 Å². The predicted molar refractivity (Wildman–Crippen MR) is 81.0 cm³/mol. The van der Waals surface area contributed by atoms with E-state index in [9.17, 15) is 0 Å². The summed E-state index contributed by atoms with van der Waals surface area (Å²) in [5.74, 6) is 1.54. The molecule has 0 fully saturated rings. The molecule has 0 unspecified atom stereocenters. The molecule has 19 heavy (non-hydrogen) atoms. The Labute approximate surface area is 116 Å². The molecule has 0 saturated heterocycles. The molecule has 0 saturated carbocycles. The standard InChI is InChI=1S/C16H25NO2/c1-12(2)17-10-6-7-13(3)14-8-9-15(18-4)16(11-14)19-5/h7-9,11-12,17H,6,10H2,1-5H3. The minimum absolute atomic E-state index is 0.537. The summed E-state index contributed by atoms with van der Waals surface area (Å²) in [5, 5.41) is 3.40. The number of ether oxygens (including phenoxy) is 2. The fourth-order valence-electron chi connectivity index (χ4n) is 1.86. The van der Waals surface area contributed by atoms with Crippen LogP contribution in [0.2, 0.25) is 0 Å². The highest BCUT2D eigenvalue weighted by Crippen LogP contribution is 2.30. The lowest BCUT2D eigenvalue weighted by molar-refractivity contribution is 0.355. The molecule has 0 aliphatic rings. The van der Waals surface area contributed by atoms with Crippen LogP contribution in [0.15, 0.2) is 24.3 Å². The summed E-state index contributed by atoms with van der Waals surface area (Å²) >= 11 is 0. The number of hydrogen-bond acceptors (Lipinski definition) is 3. The van der Waals surface area contributed by atoms with Gasteiger partial charge in [0.15, 0.2) is 11.5 Å². The molecule has 3 nitrogen and oxygen atoms in total. The smallest absolute Gasteiger partial charge is 0.161 e. The van der Waals surface area contributed by atoms with Crippen LogP contribution >= 0.6 is 0 Å². The van der Waals surface area contributed by atoms with Crippen LogP contribution in [0, 0.1) is 0 Å². The van der Waals surface area contributed by atoms with E-state index in [2.05, 4.69) is 38.2 Å². The molecule has 0 aliphatic heterocycles. The van der Waals surface area contributed by atoms with Crippen molar-refractivity contribution < 1.29 is 9.47 Å². The van der Waals surface area contributed by atoms with Gasteiger partial charge in [-0.2, -0.15) is 0 Å². The van der Waals surface area contributed by atoms with Crippen LogP contribution in [0.4, 0.5) is 0 Å². The molecule has 0 heterocycles. The van der Waals surface area contributed by atoms with E-state index in [4.69, 9.17) is 9.47 Å². The zero-order chi connectivity index (χ0) is 14.3. The van der Waals surface area contributed by atoms with Gasteiger partial charge < -0.3 is 14.8 Å². The summed E-state index contributed by atoms with van der Waals surface area (Å²) in [5.41, 5.74) is 2.42. The molecular formula is C16H25NO2. The van der Waals surface area contributed by atoms with E-state index in [1.807, 2.05) is 12.1 Å². The minimum atomic E-state index is 0.537. The monoisotopic (exact) mass is 263 g/mol. The van der Waals surface area contributed by atoms with Crippen LogP contribution in [-0.2, 0) is 0 Å². The first-order valence-electron chi connectivity index (χ1n) is 6.71. The quantitative estimate of drug-likeness (QED) is 0.764. The molecule has 0 bridgehead atoms. The second kappa shape index (κ2) is 7.85. The third-order valence-electron chi connectivity index (χ3n) is 2.99. The molecule has 1 rings (SSSR count). The van der Waals surface area contributed by atoms with Gasteiger partial charge in [0.25, 0.3) is 0 Å². The van der Waals surface area contributed by atoms with Crippen LogP contribution in [0.1, 0.15) is 32.8 Å². The van der Waals surface area contributed by atoms with Gasteiger partial charge in [-0.05, 0) is 43.2 Å². The first-order chi connectivity index (χ1) is 9.08. The van der Waals surface area contributed by atoms with Gasteiger partial charge in [-0.1, -0.05) is 26.0 Å². The first kappa shape index (κ1) is 15.6. The molecule has 0 amide bonds. The van der Waals surface area contributed by atoms with Crippen molar-refractivity contribution in [3.05, 3.63) is 29.8 Å². The maximum absolute atomic E-state index is 5.32. The Morgan fingerprint density at radius 2 is 1.89 bits per heavy atom. The van der Waals surface area contributed by atoms with Gasteiger partial charge in [-0.25, -0.2) is 0 Å². The largest absolute Gasteiger partial charge is 0.493 e. The van der Waals surface area contributed by atoms with Crippen LogP contribution in [0.3, 0.4) is 0 Å². The van der Waals surface area contributed by atoms with Crippen molar-refractivity contribution >= 4 is 5.57 Å². The predicted octanol–water partition coefficient (Wildman–Crippen LogP) is 3.50. The third kappa shape index (κ3) is 4.95. The Balaban J connectivity index is 2.71. The van der Waals surface area contributed by atoms with E-state index < -0.39 is 0 Å². The van der Waals surface area contributed by atoms with Gasteiger partial charge in [0.05, 0.1) is 14.2 Å². The highest BCUT2D eigenvalue weighted by atomic mass is 16.5. The van der Waals surface area contributed by atoms with E-state index >= 15 is 0 Å². The van der Waals surface area contributed by atoms with Crippen molar-refractivity contribution in [1.29, 1.82) is 0 Å². The molecular weight excluding hydrogens is 238 g/mol. The molecule has 0 aliphatic carbocycles. The Morgan fingerprint density at radius 1 is 1.21 bits per heavy atom. The zero-order valence-electron chi connectivity index (χ0n) is 12.6. The Hall–Kier alpha value is -1.48. The number of benzene rings is 1. The van der Waals surface area contributed by atoms with Gasteiger partial charge in [0, 0.05) is 6.04 Å². The average molecular weight is 263 g/mol. The van der Waals surface area contributed by atoms with Gasteiger partial charge >= 0.3 is 0 Å². The average Bonchev–Trinajstić information content (AvgIpc) is 2.42. The van der Waals surface area contributed by atoms with Gasteiger partial charge in [-0.15, -0.1) is 0 Å². The van der Waals surface area contributed by atoms with Crippen molar-refractivity contribution in [2.75, 3.05) is 20.8 Å². The lowest BCUT2D eigenvalue weighted by Gasteiger charge is -2.10. The molecule has 0 radical (unpaired) electrons. The number of allylic oxidation sites excluding steroid dienone is 1. The number of hydrogen-bond donors (Lipinski definition) is 1. The van der Waals surface area contributed by atoms with E-state index in [0.717, 1.165) is 24.5 Å². The minimum Gasteiger partial charge on any atom is -0.493 e. The topological polar surface area (TPSA) is 30.5 Å². The van der Waals surface area contributed by atoms with Crippen molar-refractivity contribution in [2.45, 2.75) is 33.2 Å². The van der Waals surface area contributed by atoms with Gasteiger partial charge in [0.1, 0.15) is 0 Å². The second-order valence-electron chi connectivity index (χ2n) is 4.85. The fourth-order valence-corrected chi connectivity index (χ4v) is 1.86. The zero-order valence-corrected chi connectivity index (χ0v) is 12.6. The third-order valence-corrected chi connectivity index (χ3v) is 2.99. The van der Waals surface area contributed by atoms with E-state index in [-0.39, 0.29) is 0 Å². The SMILES string of the molecule is COc1ccc(C(C)=CCCNC(C)C)cc1OC. The van der Waals surface area contributed by atoms with Crippen molar-refractivity contribution in [3.63, 3.8) is 0 Å². The summed E-state index contributed by atoms with van der Waals surface area (Å²) in [4.78, 5) is 0. The van der Waals surface area contributed by atoms with Gasteiger partial charge in [-0.3, -0.25) is 0 Å². The van der Waals surface area contributed by atoms with E-state index in [0.29, 0.717) is 6.04 Å². The van der Waals surface area contributed by atoms with E-state index in [1.54, 1.807) is 14.2 Å². The summed E-state index contributed by atoms with van der Waals surface area (Å²) < 4.78 is 10.6. The molecule has 0 atom stereocenters. The lowest BCUT2D eigenvalue weighted by atomic mass is 10.1. The Morgan fingerprint density at radius 3 is 2.47 bits per heavy atom. The molecule has 1 N–H and O–H groups in total. The summed E-state index contributed by atoms with van der Waals surface area (Å²) in [6.45, 7) is 7.44. The molecule has 0 spiro atoms. The molecule has 0 aromatic heterocycles. The second-order valence-corrected chi connectivity index (χ2v) is 4.85. The molecule has 3 heteroatoms. The van der Waals surface area contributed by atoms with Crippen LogP contribution in [0.5, 0.6) is 11.5 Å². The van der Waals surface area contributed by atoms with E-state index in [1.165, 1.54) is 11.1 Å². The molecule has 1 aromatic rings. The van der Waals surface area contributed by atoms with Gasteiger partial charge in [0.2, 0.25) is 0 Å². The maximum atomic E-state index is 5.32. The summed E-state index contributed by atoms with van der Waals surface area (Å²) in [6.07, 6.45) is 3.27. The van der Waals surface area contributed by atoms with Crippen molar-refractivity contribution in [2.24, 2.45) is 0 Å². The Kier molecular flexibility index (Phi) is 6.43.